The van der Waals surface area contributed by atoms with Gasteiger partial charge in [-0.15, -0.1) is 0 Å². The van der Waals surface area contributed by atoms with E-state index >= 15 is 0 Å². The smallest absolute Gasteiger partial charge is 0.000805 e. The second-order valence-corrected chi connectivity index (χ2v) is 6.89. The van der Waals surface area contributed by atoms with Crippen LogP contribution in [-0.2, 0) is 0 Å². The highest BCUT2D eigenvalue weighted by Gasteiger charge is 2.49. The van der Waals surface area contributed by atoms with Crippen molar-refractivity contribution in [1.29, 1.82) is 0 Å². The molecule has 19 heavy (non-hydrogen) atoms. The molecule has 0 aliphatic heterocycles. The molecule has 1 aromatic rings. The molecule has 1 heteroatoms. The van der Waals surface area contributed by atoms with Crippen LogP contribution in [0, 0.1) is 17.3 Å². The maximum absolute atomic E-state index is 3.67. The molecule has 0 amide bonds. The van der Waals surface area contributed by atoms with Crippen LogP contribution in [0.3, 0.4) is 0 Å². The first-order valence-corrected chi connectivity index (χ1v) is 7.82. The third kappa shape index (κ3) is 3.60. The van der Waals surface area contributed by atoms with Gasteiger partial charge in [-0.05, 0) is 48.1 Å². The van der Waals surface area contributed by atoms with Gasteiger partial charge in [-0.2, -0.15) is 0 Å². The Labute approximate surface area is 118 Å². The van der Waals surface area contributed by atoms with Gasteiger partial charge in [0.05, 0.1) is 0 Å². The van der Waals surface area contributed by atoms with Crippen molar-refractivity contribution in [3.8, 4) is 0 Å². The molecule has 1 aliphatic rings. The molecule has 0 aromatic heterocycles. The molecule has 1 N–H and O–H groups in total. The number of hydrogen-bond acceptors (Lipinski definition) is 1. The Hall–Kier alpha value is -0.820. The molecule has 0 bridgehead atoms. The highest BCUT2D eigenvalue weighted by molar-refractivity contribution is 5.27. The molecule has 3 unspecified atom stereocenters. The molecule has 0 saturated heterocycles. The van der Waals surface area contributed by atoms with E-state index in [0.29, 0.717) is 5.41 Å². The monoisotopic (exact) mass is 259 g/mol. The zero-order chi connectivity index (χ0) is 13.9. The Balaban J connectivity index is 1.92. The Morgan fingerprint density at radius 1 is 1.26 bits per heavy atom. The molecule has 1 aliphatic carbocycles. The van der Waals surface area contributed by atoms with E-state index in [0.717, 1.165) is 30.8 Å². The van der Waals surface area contributed by atoms with Gasteiger partial charge in [0.15, 0.2) is 0 Å². The quantitative estimate of drug-likeness (QED) is 0.762. The van der Waals surface area contributed by atoms with E-state index < -0.39 is 0 Å². The largest absolute Gasteiger partial charge is 0.316 e. The molecule has 1 saturated carbocycles. The highest BCUT2D eigenvalue weighted by Crippen LogP contribution is 2.57. The minimum absolute atomic E-state index is 0.454. The van der Waals surface area contributed by atoms with Gasteiger partial charge >= 0.3 is 0 Å². The Kier molecular flexibility index (Phi) is 4.67. The molecule has 0 radical (unpaired) electrons. The van der Waals surface area contributed by atoms with Gasteiger partial charge < -0.3 is 5.32 Å². The standard InChI is InChI=1S/C18H29N/c1-5-18(4,13-19-12-14(2)3)17-11-16(17)15-9-7-6-8-10-15/h6-10,14,16-17,19H,5,11-13H2,1-4H3. The van der Waals surface area contributed by atoms with Crippen molar-refractivity contribution in [1.82, 2.24) is 5.32 Å². The van der Waals surface area contributed by atoms with E-state index in [1.165, 1.54) is 18.4 Å². The molecule has 1 nitrogen and oxygen atoms in total. The molecule has 106 valence electrons. The lowest BCUT2D eigenvalue weighted by Gasteiger charge is -2.30. The summed E-state index contributed by atoms with van der Waals surface area (Å²) in [6, 6.07) is 11.0. The summed E-state index contributed by atoms with van der Waals surface area (Å²) >= 11 is 0. The summed E-state index contributed by atoms with van der Waals surface area (Å²) in [5.41, 5.74) is 1.99. The fraction of sp³-hybridized carbons (Fsp3) is 0.667. The lowest BCUT2D eigenvalue weighted by Crippen LogP contribution is -2.35. The summed E-state index contributed by atoms with van der Waals surface area (Å²) in [6.45, 7) is 11.7. The number of rotatable bonds is 7. The minimum Gasteiger partial charge on any atom is -0.316 e. The van der Waals surface area contributed by atoms with Crippen LogP contribution in [0.25, 0.3) is 0 Å². The Morgan fingerprint density at radius 3 is 2.53 bits per heavy atom. The number of hydrogen-bond donors (Lipinski definition) is 1. The molecule has 0 spiro atoms. The maximum atomic E-state index is 3.67. The van der Waals surface area contributed by atoms with Crippen LogP contribution in [-0.4, -0.2) is 13.1 Å². The molecule has 1 aromatic carbocycles. The van der Waals surface area contributed by atoms with E-state index in [1.54, 1.807) is 0 Å². The van der Waals surface area contributed by atoms with E-state index in [-0.39, 0.29) is 0 Å². The second-order valence-electron chi connectivity index (χ2n) is 6.89. The van der Waals surface area contributed by atoms with Crippen LogP contribution in [0.2, 0.25) is 0 Å². The van der Waals surface area contributed by atoms with Gasteiger partial charge in [0.2, 0.25) is 0 Å². The van der Waals surface area contributed by atoms with E-state index in [1.807, 2.05) is 0 Å². The lowest BCUT2D eigenvalue weighted by atomic mass is 9.80. The molecule has 2 rings (SSSR count). The topological polar surface area (TPSA) is 12.0 Å². The fourth-order valence-corrected chi connectivity index (χ4v) is 3.20. The first kappa shape index (κ1) is 14.6. The summed E-state index contributed by atoms with van der Waals surface area (Å²) in [4.78, 5) is 0. The van der Waals surface area contributed by atoms with Crippen molar-refractivity contribution in [2.75, 3.05) is 13.1 Å². The van der Waals surface area contributed by atoms with Crippen LogP contribution in [0.1, 0.15) is 52.0 Å². The van der Waals surface area contributed by atoms with Crippen molar-refractivity contribution >= 4 is 0 Å². The number of benzene rings is 1. The predicted octanol–water partition coefficient (Wildman–Crippen LogP) is 4.45. The number of nitrogens with one attached hydrogen (secondary N) is 1. The van der Waals surface area contributed by atoms with Crippen LogP contribution < -0.4 is 5.32 Å². The van der Waals surface area contributed by atoms with E-state index in [9.17, 15) is 0 Å². The predicted molar refractivity (Wildman–Crippen MR) is 83.4 cm³/mol. The zero-order valence-corrected chi connectivity index (χ0v) is 12.9. The van der Waals surface area contributed by atoms with Crippen LogP contribution in [0.4, 0.5) is 0 Å². The van der Waals surface area contributed by atoms with Gasteiger partial charge in [-0.1, -0.05) is 58.0 Å². The van der Waals surface area contributed by atoms with Crippen molar-refractivity contribution in [3.63, 3.8) is 0 Å². The van der Waals surface area contributed by atoms with Gasteiger partial charge in [-0.25, -0.2) is 0 Å². The molecule has 0 heterocycles. The normalized spacial score (nSPS) is 25.3. The summed E-state index contributed by atoms with van der Waals surface area (Å²) < 4.78 is 0. The van der Waals surface area contributed by atoms with Crippen molar-refractivity contribution in [2.24, 2.45) is 17.3 Å². The lowest BCUT2D eigenvalue weighted by molar-refractivity contribution is 0.239. The van der Waals surface area contributed by atoms with E-state index in [2.05, 4.69) is 63.3 Å². The average molecular weight is 259 g/mol. The van der Waals surface area contributed by atoms with Gasteiger partial charge in [-0.3, -0.25) is 0 Å². The summed E-state index contributed by atoms with van der Waals surface area (Å²) in [7, 11) is 0. The van der Waals surface area contributed by atoms with Crippen LogP contribution in [0.5, 0.6) is 0 Å². The van der Waals surface area contributed by atoms with Gasteiger partial charge in [0.1, 0.15) is 0 Å². The highest BCUT2D eigenvalue weighted by atomic mass is 14.9. The zero-order valence-electron chi connectivity index (χ0n) is 12.9. The molecular formula is C18H29N. The molecule has 1 fully saturated rings. The van der Waals surface area contributed by atoms with Crippen LogP contribution in [0.15, 0.2) is 30.3 Å². The third-order valence-corrected chi connectivity index (χ3v) is 4.80. The van der Waals surface area contributed by atoms with Crippen molar-refractivity contribution < 1.29 is 0 Å². The first-order chi connectivity index (χ1) is 9.07. The Bertz CT molecular complexity index is 384. The summed E-state index contributed by atoms with van der Waals surface area (Å²) in [5, 5.41) is 3.67. The second kappa shape index (κ2) is 6.09. The first-order valence-electron chi connectivity index (χ1n) is 7.82. The van der Waals surface area contributed by atoms with E-state index in [4.69, 9.17) is 0 Å². The maximum Gasteiger partial charge on any atom is 0.000805 e. The summed E-state index contributed by atoms with van der Waals surface area (Å²) in [5.74, 6) is 2.40. The molecular weight excluding hydrogens is 230 g/mol. The van der Waals surface area contributed by atoms with Gasteiger partial charge in [0, 0.05) is 6.54 Å². The fourth-order valence-electron chi connectivity index (χ4n) is 3.20. The molecule has 3 atom stereocenters. The van der Waals surface area contributed by atoms with Crippen molar-refractivity contribution in [2.45, 2.75) is 46.5 Å². The summed E-state index contributed by atoms with van der Waals surface area (Å²) in [6.07, 6.45) is 2.64. The van der Waals surface area contributed by atoms with Crippen molar-refractivity contribution in [3.05, 3.63) is 35.9 Å². The Morgan fingerprint density at radius 2 is 1.95 bits per heavy atom. The minimum atomic E-state index is 0.454. The van der Waals surface area contributed by atoms with Gasteiger partial charge in [0.25, 0.3) is 0 Å². The van der Waals surface area contributed by atoms with Crippen LogP contribution >= 0.6 is 0 Å². The average Bonchev–Trinajstić information content (AvgIpc) is 3.20. The third-order valence-electron chi connectivity index (χ3n) is 4.80. The SMILES string of the molecule is CCC(C)(CNCC(C)C)C1CC1c1ccccc1.